The Morgan fingerprint density at radius 2 is 2.05 bits per heavy atom. The van der Waals surface area contributed by atoms with Crippen molar-refractivity contribution in [3.63, 3.8) is 0 Å². The first kappa shape index (κ1) is 17.8. The Balaban J connectivity index is 2.87. The average Bonchev–Trinajstić information content (AvgIpc) is 2.35. The van der Waals surface area contributed by atoms with Gasteiger partial charge < -0.3 is 5.32 Å². The number of carbonyl (C=O) groups is 1. The summed E-state index contributed by atoms with van der Waals surface area (Å²) in [7, 11) is -4.77. The minimum Gasteiger partial charge on any atom is -0.350 e. The molecule has 0 aliphatic rings. The summed E-state index contributed by atoms with van der Waals surface area (Å²) in [6, 6.07) is 4.20. The van der Waals surface area contributed by atoms with Gasteiger partial charge in [-0.3, -0.25) is 9.00 Å². The number of carbonyl (C=O) groups excluding carboxylic acids is 1. The van der Waals surface area contributed by atoms with Gasteiger partial charge in [0.25, 0.3) is 5.91 Å². The molecule has 3 N–H and O–H groups in total. The molecule has 0 fully saturated rings. The lowest BCUT2D eigenvalue weighted by atomic mass is 10.1. The third-order valence-corrected chi connectivity index (χ3v) is 4.84. The van der Waals surface area contributed by atoms with Crippen molar-refractivity contribution < 1.29 is 17.4 Å². The van der Waals surface area contributed by atoms with Gasteiger partial charge in [-0.2, -0.15) is 0 Å². The SMILES string of the molecule is Cc1ccc(C(=O)NC(C)CCS(C)=O)cc1S(N)(=O)=O. The van der Waals surface area contributed by atoms with Crippen molar-refractivity contribution in [1.29, 1.82) is 0 Å². The lowest BCUT2D eigenvalue weighted by Gasteiger charge is -2.14. The zero-order chi connectivity index (χ0) is 16.2. The van der Waals surface area contributed by atoms with Crippen LogP contribution in [0.25, 0.3) is 0 Å². The zero-order valence-corrected chi connectivity index (χ0v) is 13.9. The molecule has 6 nitrogen and oxygen atoms in total. The third kappa shape index (κ3) is 5.56. The summed E-state index contributed by atoms with van der Waals surface area (Å²) in [6.45, 7) is 3.42. The zero-order valence-electron chi connectivity index (χ0n) is 12.3. The number of aryl methyl sites for hydroxylation is 1. The number of sulfonamides is 1. The van der Waals surface area contributed by atoms with Gasteiger partial charge in [-0.1, -0.05) is 6.07 Å². The van der Waals surface area contributed by atoms with Crippen LogP contribution in [0.1, 0.15) is 29.3 Å². The lowest BCUT2D eigenvalue weighted by molar-refractivity contribution is 0.0939. The molecule has 0 radical (unpaired) electrons. The molecule has 0 aromatic heterocycles. The van der Waals surface area contributed by atoms with Gasteiger partial charge in [0.05, 0.1) is 4.90 Å². The van der Waals surface area contributed by atoms with Crippen molar-refractivity contribution in [3.05, 3.63) is 29.3 Å². The molecule has 2 unspecified atom stereocenters. The minimum absolute atomic E-state index is 0.0579. The maximum atomic E-state index is 12.1. The third-order valence-electron chi connectivity index (χ3n) is 2.97. The maximum absolute atomic E-state index is 12.1. The van der Waals surface area contributed by atoms with Crippen LogP contribution in [-0.4, -0.2) is 36.6 Å². The highest BCUT2D eigenvalue weighted by molar-refractivity contribution is 7.89. The van der Waals surface area contributed by atoms with E-state index in [0.29, 0.717) is 17.7 Å². The normalized spacial score (nSPS) is 14.5. The summed E-state index contributed by atoms with van der Waals surface area (Å²) < 4.78 is 33.9. The summed E-state index contributed by atoms with van der Waals surface area (Å²) in [5.74, 6) is 0.118. The molecule has 118 valence electrons. The molecule has 0 aliphatic heterocycles. The van der Waals surface area contributed by atoms with Gasteiger partial charge in [-0.25, -0.2) is 13.6 Å². The second-order valence-corrected chi connectivity index (χ2v) is 8.05. The Morgan fingerprint density at radius 1 is 1.43 bits per heavy atom. The Morgan fingerprint density at radius 3 is 2.57 bits per heavy atom. The van der Waals surface area contributed by atoms with Gasteiger partial charge in [0.2, 0.25) is 10.0 Å². The van der Waals surface area contributed by atoms with E-state index in [1.165, 1.54) is 6.07 Å². The molecule has 0 heterocycles. The van der Waals surface area contributed by atoms with Crippen molar-refractivity contribution in [2.75, 3.05) is 12.0 Å². The second kappa shape index (κ2) is 7.15. The lowest BCUT2D eigenvalue weighted by Crippen LogP contribution is -2.33. The minimum atomic E-state index is -3.86. The fourth-order valence-corrected chi connectivity index (χ4v) is 3.26. The predicted octanol–water partition coefficient (Wildman–Crippen LogP) is 0.529. The van der Waals surface area contributed by atoms with Crippen LogP contribution in [0.3, 0.4) is 0 Å². The van der Waals surface area contributed by atoms with E-state index in [4.69, 9.17) is 5.14 Å². The van der Waals surface area contributed by atoms with Crippen LogP contribution in [0.5, 0.6) is 0 Å². The Labute approximate surface area is 127 Å². The number of nitrogens with one attached hydrogen (secondary N) is 1. The highest BCUT2D eigenvalue weighted by Crippen LogP contribution is 2.15. The number of hydrogen-bond donors (Lipinski definition) is 2. The van der Waals surface area contributed by atoms with Crippen molar-refractivity contribution in [2.45, 2.75) is 31.2 Å². The highest BCUT2D eigenvalue weighted by Gasteiger charge is 2.16. The summed E-state index contributed by atoms with van der Waals surface area (Å²) in [5, 5.41) is 7.86. The summed E-state index contributed by atoms with van der Waals surface area (Å²) >= 11 is 0. The summed E-state index contributed by atoms with van der Waals surface area (Å²) in [6.07, 6.45) is 2.19. The van der Waals surface area contributed by atoms with Crippen molar-refractivity contribution in [3.8, 4) is 0 Å². The molecule has 1 aromatic rings. The van der Waals surface area contributed by atoms with Crippen LogP contribution < -0.4 is 10.5 Å². The molecule has 2 atom stereocenters. The molecule has 0 saturated carbocycles. The van der Waals surface area contributed by atoms with Crippen molar-refractivity contribution in [1.82, 2.24) is 5.32 Å². The predicted molar refractivity (Wildman–Crippen MR) is 83.0 cm³/mol. The number of nitrogens with two attached hydrogens (primary N) is 1. The smallest absolute Gasteiger partial charge is 0.251 e. The first-order valence-electron chi connectivity index (χ1n) is 6.35. The van der Waals surface area contributed by atoms with Gasteiger partial charge in [0.1, 0.15) is 0 Å². The van der Waals surface area contributed by atoms with E-state index in [1.807, 2.05) is 0 Å². The molecule has 0 saturated heterocycles. The first-order chi connectivity index (χ1) is 9.61. The van der Waals surface area contributed by atoms with Crippen LogP contribution >= 0.6 is 0 Å². The topological polar surface area (TPSA) is 106 Å². The van der Waals surface area contributed by atoms with E-state index in [9.17, 15) is 17.4 Å². The largest absolute Gasteiger partial charge is 0.350 e. The maximum Gasteiger partial charge on any atom is 0.251 e. The standard InChI is InChI=1S/C13H20N2O4S2/c1-9-4-5-11(8-12(9)21(14,18)19)13(16)15-10(2)6-7-20(3)17/h4-5,8,10H,6-7H2,1-3H3,(H,15,16)(H2,14,18,19). The molecule has 21 heavy (non-hydrogen) atoms. The Bertz CT molecular complexity index is 656. The van der Waals surface area contributed by atoms with Crippen molar-refractivity contribution >= 4 is 26.7 Å². The van der Waals surface area contributed by atoms with Crippen LogP contribution in [0.15, 0.2) is 23.1 Å². The molecule has 1 aromatic carbocycles. The van der Waals surface area contributed by atoms with Gasteiger partial charge >= 0.3 is 0 Å². The van der Waals surface area contributed by atoms with E-state index >= 15 is 0 Å². The number of rotatable bonds is 6. The molecule has 0 aliphatic carbocycles. The number of benzene rings is 1. The number of hydrogen-bond acceptors (Lipinski definition) is 4. The quantitative estimate of drug-likeness (QED) is 0.792. The van der Waals surface area contributed by atoms with E-state index in [2.05, 4.69) is 5.32 Å². The van der Waals surface area contributed by atoms with Crippen LogP contribution in [0.2, 0.25) is 0 Å². The number of amides is 1. The first-order valence-corrected chi connectivity index (χ1v) is 9.63. The van der Waals surface area contributed by atoms with Gasteiger partial charge in [0, 0.05) is 34.4 Å². The summed E-state index contributed by atoms with van der Waals surface area (Å²) in [4.78, 5) is 12.0. The molecule has 8 heteroatoms. The molecule has 1 amide bonds. The van der Waals surface area contributed by atoms with Gasteiger partial charge in [0.15, 0.2) is 0 Å². The highest BCUT2D eigenvalue weighted by atomic mass is 32.2. The van der Waals surface area contributed by atoms with Crippen molar-refractivity contribution in [2.24, 2.45) is 5.14 Å². The van der Waals surface area contributed by atoms with Gasteiger partial charge in [-0.15, -0.1) is 0 Å². The monoisotopic (exact) mass is 332 g/mol. The summed E-state index contributed by atoms with van der Waals surface area (Å²) in [5.41, 5.74) is 0.720. The fourth-order valence-electron chi connectivity index (χ4n) is 1.77. The van der Waals surface area contributed by atoms with Crippen LogP contribution in [0, 0.1) is 6.92 Å². The van der Waals surface area contributed by atoms with Crippen LogP contribution in [0.4, 0.5) is 0 Å². The van der Waals surface area contributed by atoms with E-state index in [1.54, 1.807) is 32.2 Å². The van der Waals surface area contributed by atoms with E-state index < -0.39 is 20.8 Å². The molecule has 1 rings (SSSR count). The van der Waals surface area contributed by atoms with E-state index in [-0.39, 0.29) is 22.4 Å². The fraction of sp³-hybridized carbons (Fsp3) is 0.462. The van der Waals surface area contributed by atoms with E-state index in [0.717, 1.165) is 0 Å². The van der Waals surface area contributed by atoms with Gasteiger partial charge in [-0.05, 0) is 38.0 Å². The van der Waals surface area contributed by atoms with Crippen LogP contribution in [-0.2, 0) is 20.8 Å². The second-order valence-electron chi connectivity index (χ2n) is 4.97. The molecule has 0 spiro atoms. The molecule has 0 bridgehead atoms. The Kier molecular flexibility index (Phi) is 6.06. The number of primary sulfonamides is 1. The molecular formula is C13H20N2O4S2. The average molecular weight is 332 g/mol. The Hall–Kier alpha value is -1.25. The molecular weight excluding hydrogens is 312 g/mol.